The monoisotopic (exact) mass is 764 g/mol. The van der Waals surface area contributed by atoms with E-state index in [0.29, 0.717) is 11.5 Å². The van der Waals surface area contributed by atoms with E-state index in [1.807, 2.05) is 30.5 Å². The number of para-hydroxylation sites is 1. The van der Waals surface area contributed by atoms with Crippen LogP contribution >= 0.6 is 0 Å². The van der Waals surface area contributed by atoms with Gasteiger partial charge >= 0.3 is 20.4 Å². The Hall–Kier alpha value is -4.50. The van der Waals surface area contributed by atoms with Gasteiger partial charge in [-0.15, -0.1) is 35.7 Å². The third-order valence-electron chi connectivity index (χ3n) is 10.4. The Kier molecular flexibility index (Phi) is 10.7. The fourth-order valence-corrected chi connectivity index (χ4v) is 7.41. The standard InChI is InChI=1S/C45H46N4O.Pd/c1-9-11-19-41-45(44-32(7)30(5)29(4)31(6)33(44)8)39(15-10-2)47-49(41)34-16-14-17-35(26-34)50-36-21-22-38-37-18-12-13-20-40(37)48(42(38)27-36)43-25-28(3)23-24-46-43;/h12-14,16-18,20-25H,9-11,15,19H2,1-8H3;/q-2;+2. The summed E-state index contributed by atoms with van der Waals surface area (Å²) in [6.07, 6.45) is 6.94. The second-order valence-electron chi connectivity index (χ2n) is 13.7. The van der Waals surface area contributed by atoms with E-state index in [9.17, 15) is 0 Å². The molecular formula is C45H46N4OPd. The summed E-state index contributed by atoms with van der Waals surface area (Å²) in [5.74, 6) is 2.11. The van der Waals surface area contributed by atoms with Crippen molar-refractivity contribution < 1.29 is 25.2 Å². The van der Waals surface area contributed by atoms with E-state index in [1.54, 1.807) is 0 Å². The zero-order valence-electron chi connectivity index (χ0n) is 31.0. The Morgan fingerprint density at radius 3 is 2.14 bits per heavy atom. The quantitative estimate of drug-likeness (QED) is 0.103. The van der Waals surface area contributed by atoms with E-state index in [-0.39, 0.29) is 20.4 Å². The molecule has 262 valence electrons. The van der Waals surface area contributed by atoms with Gasteiger partial charge in [-0.05, 0) is 129 Å². The molecule has 0 fully saturated rings. The molecule has 0 saturated heterocycles. The molecule has 0 bridgehead atoms. The van der Waals surface area contributed by atoms with Crippen LogP contribution in [0.3, 0.4) is 0 Å². The molecule has 3 aromatic heterocycles. The summed E-state index contributed by atoms with van der Waals surface area (Å²) in [4.78, 5) is 4.73. The smallest absolute Gasteiger partial charge is 0.509 e. The molecule has 7 rings (SSSR count). The number of hydrogen-bond acceptors (Lipinski definition) is 3. The van der Waals surface area contributed by atoms with E-state index >= 15 is 0 Å². The average Bonchev–Trinajstić information content (AvgIpc) is 3.64. The van der Waals surface area contributed by atoms with Crippen molar-refractivity contribution in [2.45, 2.75) is 87.5 Å². The van der Waals surface area contributed by atoms with Crippen molar-refractivity contribution in [3.8, 4) is 34.1 Å². The average molecular weight is 765 g/mol. The number of benzene rings is 4. The van der Waals surface area contributed by atoms with Crippen LogP contribution in [0.2, 0.25) is 0 Å². The predicted octanol–water partition coefficient (Wildman–Crippen LogP) is 11.6. The van der Waals surface area contributed by atoms with Crippen molar-refractivity contribution in [2.75, 3.05) is 0 Å². The third kappa shape index (κ3) is 6.57. The van der Waals surface area contributed by atoms with Crippen LogP contribution in [0.5, 0.6) is 11.5 Å². The van der Waals surface area contributed by atoms with Crippen molar-refractivity contribution in [3.05, 3.63) is 130 Å². The summed E-state index contributed by atoms with van der Waals surface area (Å²) >= 11 is 0. The first-order chi connectivity index (χ1) is 24.2. The van der Waals surface area contributed by atoms with Crippen LogP contribution in [0.4, 0.5) is 0 Å². The molecule has 0 aliphatic carbocycles. The minimum Gasteiger partial charge on any atom is -0.509 e. The van der Waals surface area contributed by atoms with Crippen molar-refractivity contribution >= 4 is 21.8 Å². The molecule has 0 radical (unpaired) electrons. The normalized spacial score (nSPS) is 11.4. The Labute approximate surface area is 316 Å². The van der Waals surface area contributed by atoms with Crippen LogP contribution in [0.15, 0.2) is 72.9 Å². The van der Waals surface area contributed by atoms with E-state index < -0.39 is 0 Å². The SMILES string of the molecule is CCCCc1c(-c2c(C)c(C)c(C)c(C)c2C)c(CCC)nn1-c1[c-]c(Oc2[c-]c3c(cc2)c2ccccc2n3-c2cc(C)ccn2)ccc1.[Pd+2]. The zero-order valence-corrected chi connectivity index (χ0v) is 32.5. The van der Waals surface area contributed by atoms with Gasteiger partial charge in [0.25, 0.3) is 0 Å². The van der Waals surface area contributed by atoms with Gasteiger partial charge in [0.2, 0.25) is 0 Å². The first-order valence-corrected chi connectivity index (χ1v) is 18.0. The molecular weight excluding hydrogens is 719 g/mol. The minimum atomic E-state index is 0. The van der Waals surface area contributed by atoms with Crippen LogP contribution in [0, 0.1) is 53.7 Å². The number of aromatic nitrogens is 4. The number of ether oxygens (including phenoxy) is 1. The number of pyridine rings is 1. The molecule has 0 amide bonds. The van der Waals surface area contributed by atoms with Gasteiger partial charge < -0.3 is 9.30 Å². The summed E-state index contributed by atoms with van der Waals surface area (Å²) in [6, 6.07) is 29.9. The molecule has 0 saturated carbocycles. The predicted molar refractivity (Wildman–Crippen MR) is 206 cm³/mol. The van der Waals surface area contributed by atoms with Gasteiger partial charge in [-0.1, -0.05) is 50.4 Å². The fourth-order valence-electron chi connectivity index (χ4n) is 7.41. The number of aryl methyl sites for hydroxylation is 2. The first-order valence-electron chi connectivity index (χ1n) is 18.0. The van der Waals surface area contributed by atoms with Gasteiger partial charge in [0.05, 0.1) is 5.69 Å². The number of fused-ring (bicyclic) bond motifs is 3. The number of rotatable bonds is 10. The van der Waals surface area contributed by atoms with Gasteiger partial charge in [-0.2, -0.15) is 17.2 Å². The number of nitrogens with zero attached hydrogens (tertiary/aromatic N) is 4. The molecule has 0 N–H and O–H groups in total. The van der Waals surface area contributed by atoms with E-state index in [0.717, 1.165) is 76.7 Å². The van der Waals surface area contributed by atoms with Crippen LogP contribution in [-0.4, -0.2) is 19.3 Å². The molecule has 0 unspecified atom stereocenters. The van der Waals surface area contributed by atoms with Crippen LogP contribution in [0.1, 0.15) is 77.9 Å². The Morgan fingerprint density at radius 1 is 0.686 bits per heavy atom. The van der Waals surface area contributed by atoms with Gasteiger partial charge in [0.1, 0.15) is 5.82 Å². The second-order valence-corrected chi connectivity index (χ2v) is 13.7. The van der Waals surface area contributed by atoms with Crippen molar-refractivity contribution in [3.63, 3.8) is 0 Å². The Bertz CT molecular complexity index is 2350. The topological polar surface area (TPSA) is 44.9 Å². The van der Waals surface area contributed by atoms with Gasteiger partial charge in [0, 0.05) is 34.5 Å². The summed E-state index contributed by atoms with van der Waals surface area (Å²) in [7, 11) is 0. The first kappa shape index (κ1) is 36.3. The summed E-state index contributed by atoms with van der Waals surface area (Å²) in [6.45, 7) is 17.9. The molecule has 5 nitrogen and oxygen atoms in total. The van der Waals surface area contributed by atoms with Crippen LogP contribution in [-0.2, 0) is 33.3 Å². The molecule has 51 heavy (non-hydrogen) atoms. The largest absolute Gasteiger partial charge is 2.00 e. The summed E-state index contributed by atoms with van der Waals surface area (Å²) in [5, 5.41) is 7.60. The second kappa shape index (κ2) is 15.0. The third-order valence-corrected chi connectivity index (χ3v) is 10.4. The van der Waals surface area contributed by atoms with Crippen molar-refractivity contribution in [1.82, 2.24) is 19.3 Å². The fraction of sp³-hybridized carbons (Fsp3) is 0.289. The molecule has 6 heteroatoms. The van der Waals surface area contributed by atoms with E-state index in [4.69, 9.17) is 14.8 Å². The van der Waals surface area contributed by atoms with Gasteiger partial charge in [-0.3, -0.25) is 4.68 Å². The van der Waals surface area contributed by atoms with Crippen molar-refractivity contribution in [2.24, 2.45) is 0 Å². The summed E-state index contributed by atoms with van der Waals surface area (Å²) < 4.78 is 10.9. The van der Waals surface area contributed by atoms with Gasteiger partial charge in [0.15, 0.2) is 0 Å². The molecule has 0 spiro atoms. The molecule has 0 aliphatic heterocycles. The van der Waals surface area contributed by atoms with E-state index in [2.05, 4.69) is 119 Å². The number of hydrogen-bond donors (Lipinski definition) is 0. The zero-order chi connectivity index (χ0) is 35.1. The minimum absolute atomic E-state index is 0. The maximum Gasteiger partial charge on any atom is 2.00 e. The number of unbranched alkanes of at least 4 members (excludes halogenated alkanes) is 1. The molecule has 7 aromatic rings. The molecule has 0 atom stereocenters. The van der Waals surface area contributed by atoms with Crippen molar-refractivity contribution in [1.29, 1.82) is 0 Å². The Morgan fingerprint density at radius 2 is 1.41 bits per heavy atom. The summed E-state index contributed by atoms with van der Waals surface area (Å²) in [5.41, 5.74) is 15.9. The van der Waals surface area contributed by atoms with Gasteiger partial charge in [-0.25, -0.2) is 4.98 Å². The molecule has 4 aromatic carbocycles. The maximum atomic E-state index is 6.55. The van der Waals surface area contributed by atoms with Crippen LogP contribution < -0.4 is 4.74 Å². The Balaban J connectivity index is 0.00000448. The van der Waals surface area contributed by atoms with E-state index in [1.165, 1.54) is 44.6 Å². The maximum absolute atomic E-state index is 6.55. The van der Waals surface area contributed by atoms with Crippen LogP contribution in [0.25, 0.3) is 44.4 Å². The molecule has 0 aliphatic rings. The molecule has 3 heterocycles.